The molecule has 5 nitrogen and oxygen atoms in total. The predicted octanol–water partition coefficient (Wildman–Crippen LogP) is 5.30. The Kier molecular flexibility index (Phi) is 5.82. The van der Waals surface area contributed by atoms with Crippen molar-refractivity contribution in [1.29, 1.82) is 0 Å². The van der Waals surface area contributed by atoms with Gasteiger partial charge in [0.15, 0.2) is 5.78 Å². The Balaban J connectivity index is 1.56. The lowest BCUT2D eigenvalue weighted by Gasteiger charge is -2.52. The lowest BCUT2D eigenvalue weighted by atomic mass is 9.54. The molecule has 1 aromatic rings. The average Bonchev–Trinajstić information content (AvgIpc) is 3.09. The van der Waals surface area contributed by atoms with Gasteiger partial charge in [-0.2, -0.15) is 0 Å². The predicted molar refractivity (Wildman–Crippen MR) is 128 cm³/mol. The molecule has 2 fully saturated rings. The van der Waals surface area contributed by atoms with Crippen molar-refractivity contribution < 1.29 is 19.8 Å². The Morgan fingerprint density at radius 3 is 2.73 bits per heavy atom. The van der Waals surface area contributed by atoms with E-state index in [2.05, 4.69) is 12.1 Å². The van der Waals surface area contributed by atoms with Gasteiger partial charge in [-0.1, -0.05) is 41.9 Å². The van der Waals surface area contributed by atoms with Crippen LogP contribution in [0.5, 0.6) is 0 Å². The molecule has 0 aliphatic heterocycles. The van der Waals surface area contributed by atoms with Gasteiger partial charge in [-0.05, 0) is 80.4 Å². The van der Waals surface area contributed by atoms with Crippen LogP contribution in [-0.4, -0.2) is 41.1 Å². The first-order valence-electron chi connectivity index (χ1n) is 12.5. The van der Waals surface area contributed by atoms with E-state index < -0.39 is 5.60 Å². The number of carbonyl (C=O) groups excluding carboxylic acids is 1. The van der Waals surface area contributed by atoms with Crippen molar-refractivity contribution in [3.63, 3.8) is 0 Å². The summed E-state index contributed by atoms with van der Waals surface area (Å²) in [4.78, 5) is 13.2. The molecule has 0 spiro atoms. The van der Waals surface area contributed by atoms with Crippen LogP contribution in [0.25, 0.3) is 5.57 Å². The summed E-state index contributed by atoms with van der Waals surface area (Å²) in [6, 6.07) is 7.72. The molecule has 1 aromatic carbocycles. The minimum atomic E-state index is -0.740. The molecule has 4 aliphatic carbocycles. The van der Waals surface area contributed by atoms with Gasteiger partial charge in [0.25, 0.3) is 0 Å². The van der Waals surface area contributed by atoms with Gasteiger partial charge in [-0.15, -0.1) is 0 Å². The van der Waals surface area contributed by atoms with E-state index in [9.17, 15) is 9.90 Å². The van der Waals surface area contributed by atoms with Gasteiger partial charge in [-0.25, -0.2) is 0 Å². The summed E-state index contributed by atoms with van der Waals surface area (Å²) in [5, 5.41) is 23.9. The number of carbonyl (C=O) groups is 1. The fourth-order valence-electron chi connectivity index (χ4n) is 7.46. The highest BCUT2D eigenvalue weighted by atomic mass is 16.5. The van der Waals surface area contributed by atoms with Crippen molar-refractivity contribution in [2.45, 2.75) is 70.8 Å². The quantitative estimate of drug-likeness (QED) is 0.363. The monoisotopic (exact) mass is 449 g/mol. The summed E-state index contributed by atoms with van der Waals surface area (Å²) >= 11 is 0. The van der Waals surface area contributed by atoms with Crippen LogP contribution < -0.4 is 0 Å². The summed E-state index contributed by atoms with van der Waals surface area (Å²) in [6.45, 7) is 5.34. The standard InChI is InChI=1S/C28H35NO4/c1-3-33-17-28(31)15-13-24-22-8-9-23-20(21(22)12-14-27(24,28)2)10-11-25(30)26(23)19-7-5-4-6-18(19)16-29-32/h4-7,16,22,24,31-32H,3,8-15,17H2,1-2H3/b29-16-/t22-,24+,27+,28-/m1/s1. The van der Waals surface area contributed by atoms with Crippen molar-refractivity contribution in [3.05, 3.63) is 52.1 Å². The van der Waals surface area contributed by atoms with Gasteiger partial charge in [-0.3, -0.25) is 4.79 Å². The van der Waals surface area contributed by atoms with Crippen LogP contribution in [-0.2, 0) is 9.53 Å². The molecule has 0 aromatic heterocycles. The number of nitrogens with zero attached hydrogens (tertiary/aromatic N) is 1. The minimum Gasteiger partial charge on any atom is -0.411 e. The van der Waals surface area contributed by atoms with E-state index in [0.29, 0.717) is 31.5 Å². The van der Waals surface area contributed by atoms with Crippen molar-refractivity contribution in [2.75, 3.05) is 13.2 Å². The molecule has 0 amide bonds. The summed E-state index contributed by atoms with van der Waals surface area (Å²) in [7, 11) is 0. The van der Waals surface area contributed by atoms with E-state index in [-0.39, 0.29) is 11.2 Å². The van der Waals surface area contributed by atoms with E-state index in [1.54, 1.807) is 0 Å². The number of aliphatic hydroxyl groups is 1. The Morgan fingerprint density at radius 1 is 1.12 bits per heavy atom. The number of oxime groups is 1. The Labute approximate surface area is 196 Å². The van der Waals surface area contributed by atoms with Crippen molar-refractivity contribution in [3.8, 4) is 0 Å². The maximum atomic E-state index is 13.2. The van der Waals surface area contributed by atoms with Crippen LogP contribution in [0.2, 0.25) is 0 Å². The fourth-order valence-corrected chi connectivity index (χ4v) is 7.46. The first kappa shape index (κ1) is 22.5. The van der Waals surface area contributed by atoms with Gasteiger partial charge < -0.3 is 15.1 Å². The zero-order chi connectivity index (χ0) is 23.2. The number of ketones is 1. The van der Waals surface area contributed by atoms with E-state index in [4.69, 9.17) is 9.94 Å². The molecule has 4 aliphatic rings. The second kappa shape index (κ2) is 8.52. The number of allylic oxidation sites excluding steroid dienone is 4. The smallest absolute Gasteiger partial charge is 0.164 e. The molecule has 5 rings (SSSR count). The molecule has 33 heavy (non-hydrogen) atoms. The third-order valence-corrected chi connectivity index (χ3v) is 9.21. The van der Waals surface area contributed by atoms with Crippen LogP contribution in [0.3, 0.4) is 0 Å². The van der Waals surface area contributed by atoms with E-state index in [1.165, 1.54) is 22.9 Å². The molecule has 2 N–H and O–H groups in total. The second-order valence-electron chi connectivity index (χ2n) is 10.5. The number of Topliss-reactive ketones (excluding diaryl/α,β-unsaturated/α-hetero) is 1. The summed E-state index contributed by atoms with van der Waals surface area (Å²) in [5.74, 6) is 1.15. The van der Waals surface area contributed by atoms with Gasteiger partial charge in [0.2, 0.25) is 0 Å². The highest BCUT2D eigenvalue weighted by molar-refractivity contribution is 6.24. The average molecular weight is 450 g/mol. The first-order chi connectivity index (χ1) is 15.9. The van der Waals surface area contributed by atoms with Gasteiger partial charge >= 0.3 is 0 Å². The van der Waals surface area contributed by atoms with E-state index in [0.717, 1.165) is 61.6 Å². The number of ether oxygens (including phenoxy) is 1. The van der Waals surface area contributed by atoms with E-state index >= 15 is 0 Å². The molecule has 0 radical (unpaired) electrons. The topological polar surface area (TPSA) is 79.1 Å². The molecular formula is C28H35NO4. The minimum absolute atomic E-state index is 0.115. The molecule has 0 unspecified atom stereocenters. The summed E-state index contributed by atoms with van der Waals surface area (Å²) in [6.07, 6.45) is 8.53. The van der Waals surface area contributed by atoms with Crippen LogP contribution in [0.15, 0.2) is 46.1 Å². The molecular weight excluding hydrogens is 414 g/mol. The van der Waals surface area contributed by atoms with E-state index in [1.807, 2.05) is 31.2 Å². The molecule has 4 atom stereocenters. The number of hydrogen-bond donors (Lipinski definition) is 2. The number of rotatable bonds is 5. The van der Waals surface area contributed by atoms with Crippen LogP contribution >= 0.6 is 0 Å². The lowest BCUT2D eigenvalue weighted by Crippen LogP contribution is -2.52. The highest BCUT2D eigenvalue weighted by Gasteiger charge is 2.60. The van der Waals surface area contributed by atoms with Gasteiger partial charge in [0.05, 0.1) is 18.4 Å². The zero-order valence-electron chi connectivity index (χ0n) is 19.8. The van der Waals surface area contributed by atoms with Crippen molar-refractivity contribution in [1.82, 2.24) is 0 Å². The normalized spacial score (nSPS) is 34.0. The third kappa shape index (κ3) is 3.43. The van der Waals surface area contributed by atoms with Gasteiger partial charge in [0, 0.05) is 29.6 Å². The molecule has 176 valence electrons. The van der Waals surface area contributed by atoms with Gasteiger partial charge in [0.1, 0.15) is 0 Å². The zero-order valence-corrected chi connectivity index (χ0v) is 19.8. The fraction of sp³-hybridized carbons (Fsp3) is 0.571. The molecule has 0 heterocycles. The van der Waals surface area contributed by atoms with Crippen molar-refractivity contribution >= 4 is 17.6 Å². The molecule has 0 bridgehead atoms. The molecule has 5 heteroatoms. The highest BCUT2D eigenvalue weighted by Crippen LogP contribution is 2.64. The largest absolute Gasteiger partial charge is 0.411 e. The van der Waals surface area contributed by atoms with Crippen LogP contribution in [0.4, 0.5) is 0 Å². The first-order valence-corrected chi connectivity index (χ1v) is 12.5. The lowest BCUT2D eigenvalue weighted by molar-refractivity contribution is -0.131. The SMILES string of the molecule is CCOC[C@]1(O)CC[C@H]2[C@@H]3CCC4=C(c5ccccc5/C=N\O)C(=O)CCC4=C3CC[C@@]21C. The molecule has 2 saturated carbocycles. The Bertz CT molecular complexity index is 1050. The second-order valence-corrected chi connectivity index (χ2v) is 10.5. The number of hydrogen-bond acceptors (Lipinski definition) is 5. The van der Waals surface area contributed by atoms with Crippen LogP contribution in [0.1, 0.15) is 76.3 Å². The Hall–Kier alpha value is -2.24. The molecule has 0 saturated heterocycles. The third-order valence-electron chi connectivity index (χ3n) is 9.21. The number of benzene rings is 1. The van der Waals surface area contributed by atoms with Crippen molar-refractivity contribution in [2.24, 2.45) is 22.4 Å². The Morgan fingerprint density at radius 2 is 1.94 bits per heavy atom. The maximum Gasteiger partial charge on any atom is 0.164 e. The summed E-state index contributed by atoms with van der Waals surface area (Å²) < 4.78 is 5.73. The number of fused-ring (bicyclic) bond motifs is 4. The van der Waals surface area contributed by atoms with Crippen LogP contribution in [0, 0.1) is 17.3 Å². The summed E-state index contributed by atoms with van der Waals surface area (Å²) in [5.41, 5.74) is 5.77. The maximum absolute atomic E-state index is 13.2.